The highest BCUT2D eigenvalue weighted by Crippen LogP contribution is 2.30. The minimum atomic E-state index is -0.383. The molecule has 0 unspecified atom stereocenters. The lowest BCUT2D eigenvalue weighted by atomic mass is 10.0. The van der Waals surface area contributed by atoms with Crippen LogP contribution in [0.5, 0.6) is 0 Å². The molecule has 0 atom stereocenters. The zero-order valence-electron chi connectivity index (χ0n) is 19.1. The SMILES string of the molecule is CCc1cc(C(=O)OC)c(NC(=S)Nc2c(C)nn(Cc3cccc4ccccc34)c2C)s1. The number of methoxy groups -OCH3 is 1. The molecule has 2 aromatic carbocycles. The van der Waals surface area contributed by atoms with Gasteiger partial charge in [-0.25, -0.2) is 4.79 Å². The third-order valence-electron chi connectivity index (χ3n) is 5.58. The highest BCUT2D eigenvalue weighted by molar-refractivity contribution is 7.80. The normalized spacial score (nSPS) is 10.9. The Morgan fingerprint density at radius 1 is 1.15 bits per heavy atom. The van der Waals surface area contributed by atoms with Crippen LogP contribution in [-0.2, 0) is 17.7 Å². The van der Waals surface area contributed by atoms with E-state index in [1.54, 1.807) is 0 Å². The van der Waals surface area contributed by atoms with Gasteiger partial charge in [0.25, 0.3) is 0 Å². The van der Waals surface area contributed by atoms with Gasteiger partial charge in [0.15, 0.2) is 5.11 Å². The highest BCUT2D eigenvalue weighted by atomic mass is 32.1. The Labute approximate surface area is 202 Å². The fourth-order valence-electron chi connectivity index (χ4n) is 3.84. The van der Waals surface area contributed by atoms with Gasteiger partial charge in [-0.2, -0.15) is 5.10 Å². The molecule has 0 amide bonds. The van der Waals surface area contributed by atoms with Crippen LogP contribution in [-0.4, -0.2) is 28.0 Å². The van der Waals surface area contributed by atoms with Crippen molar-refractivity contribution in [2.45, 2.75) is 33.7 Å². The number of ether oxygens (including phenoxy) is 1. The molecule has 0 saturated heterocycles. The van der Waals surface area contributed by atoms with Gasteiger partial charge in [-0.1, -0.05) is 49.4 Å². The number of carbonyl (C=O) groups is 1. The molecule has 0 aliphatic rings. The van der Waals surface area contributed by atoms with Gasteiger partial charge in [0.05, 0.1) is 36.3 Å². The topological polar surface area (TPSA) is 68.2 Å². The first-order valence-corrected chi connectivity index (χ1v) is 11.9. The molecule has 2 heterocycles. The molecule has 33 heavy (non-hydrogen) atoms. The van der Waals surface area contributed by atoms with Gasteiger partial charge in [0.1, 0.15) is 5.00 Å². The van der Waals surface area contributed by atoms with Crippen molar-refractivity contribution >= 4 is 56.1 Å². The van der Waals surface area contributed by atoms with Gasteiger partial charge in [0.2, 0.25) is 0 Å². The number of thiocarbonyl (C=S) groups is 1. The Morgan fingerprint density at radius 3 is 2.67 bits per heavy atom. The Balaban J connectivity index is 1.55. The summed E-state index contributed by atoms with van der Waals surface area (Å²) in [6.45, 7) is 6.69. The van der Waals surface area contributed by atoms with Crippen molar-refractivity contribution in [3.63, 3.8) is 0 Å². The monoisotopic (exact) mass is 478 g/mol. The number of aryl methyl sites for hydroxylation is 2. The zero-order chi connectivity index (χ0) is 23.5. The fraction of sp³-hybridized carbons (Fsp3) is 0.240. The minimum absolute atomic E-state index is 0.383. The second kappa shape index (κ2) is 9.72. The Bertz CT molecular complexity index is 1330. The van der Waals surface area contributed by atoms with Crippen molar-refractivity contribution < 1.29 is 9.53 Å². The third kappa shape index (κ3) is 4.77. The smallest absolute Gasteiger partial charge is 0.340 e. The van der Waals surface area contributed by atoms with Crippen LogP contribution in [0.25, 0.3) is 10.8 Å². The first kappa shape index (κ1) is 22.9. The van der Waals surface area contributed by atoms with Crippen molar-refractivity contribution in [1.29, 1.82) is 0 Å². The van der Waals surface area contributed by atoms with Crippen LogP contribution < -0.4 is 10.6 Å². The van der Waals surface area contributed by atoms with Gasteiger partial charge in [-0.3, -0.25) is 4.68 Å². The molecule has 6 nitrogen and oxygen atoms in total. The number of anilines is 2. The van der Waals surface area contributed by atoms with E-state index in [2.05, 4.69) is 47.0 Å². The number of rotatable bonds is 6. The van der Waals surface area contributed by atoms with E-state index in [1.807, 2.05) is 37.6 Å². The number of nitrogens with one attached hydrogen (secondary N) is 2. The van der Waals surface area contributed by atoms with Crippen molar-refractivity contribution in [3.05, 3.63) is 75.9 Å². The summed E-state index contributed by atoms with van der Waals surface area (Å²) >= 11 is 7.06. The van der Waals surface area contributed by atoms with Gasteiger partial charge in [-0.05, 0) is 54.9 Å². The maximum Gasteiger partial charge on any atom is 0.340 e. The van der Waals surface area contributed by atoms with Crippen LogP contribution in [0.1, 0.15) is 39.1 Å². The quantitative estimate of drug-likeness (QED) is 0.265. The first-order valence-electron chi connectivity index (χ1n) is 10.7. The number of hydrogen-bond acceptors (Lipinski definition) is 5. The third-order valence-corrected chi connectivity index (χ3v) is 6.98. The van der Waals surface area contributed by atoms with Crippen LogP contribution >= 0.6 is 23.6 Å². The summed E-state index contributed by atoms with van der Waals surface area (Å²) < 4.78 is 6.90. The van der Waals surface area contributed by atoms with Gasteiger partial charge >= 0.3 is 5.97 Å². The molecule has 0 fully saturated rings. The summed E-state index contributed by atoms with van der Waals surface area (Å²) in [7, 11) is 1.38. The minimum Gasteiger partial charge on any atom is -0.465 e. The summed E-state index contributed by atoms with van der Waals surface area (Å²) in [4.78, 5) is 13.2. The molecule has 8 heteroatoms. The summed E-state index contributed by atoms with van der Waals surface area (Å²) in [6.07, 6.45) is 0.829. The van der Waals surface area contributed by atoms with Crippen LogP contribution in [0.3, 0.4) is 0 Å². The molecule has 0 saturated carbocycles. The van der Waals surface area contributed by atoms with E-state index in [9.17, 15) is 4.79 Å². The van der Waals surface area contributed by atoms with E-state index in [1.165, 1.54) is 34.8 Å². The van der Waals surface area contributed by atoms with Crippen LogP contribution in [0, 0.1) is 13.8 Å². The number of benzene rings is 2. The Hall–Kier alpha value is -3.23. The van der Waals surface area contributed by atoms with Crippen molar-refractivity contribution in [3.8, 4) is 0 Å². The maximum atomic E-state index is 12.1. The second-order valence-electron chi connectivity index (χ2n) is 7.72. The van der Waals surface area contributed by atoms with E-state index >= 15 is 0 Å². The van der Waals surface area contributed by atoms with E-state index in [4.69, 9.17) is 22.1 Å². The average Bonchev–Trinajstić information content (AvgIpc) is 3.34. The predicted molar refractivity (Wildman–Crippen MR) is 140 cm³/mol. The molecule has 2 aromatic heterocycles. The maximum absolute atomic E-state index is 12.1. The van der Waals surface area contributed by atoms with Crippen LogP contribution in [0.4, 0.5) is 10.7 Å². The van der Waals surface area contributed by atoms with E-state index < -0.39 is 0 Å². The second-order valence-corrected chi connectivity index (χ2v) is 9.27. The van der Waals surface area contributed by atoms with Gasteiger partial charge < -0.3 is 15.4 Å². The number of carbonyl (C=O) groups excluding carboxylic acids is 1. The first-order chi connectivity index (χ1) is 15.9. The summed E-state index contributed by atoms with van der Waals surface area (Å²) in [5, 5.41) is 14.7. The molecule has 2 N–H and O–H groups in total. The number of thiophene rings is 1. The highest BCUT2D eigenvalue weighted by Gasteiger charge is 2.19. The van der Waals surface area contributed by atoms with E-state index in [0.29, 0.717) is 22.2 Å². The standard InChI is InChI=1S/C25H26N4O2S2/c1-5-19-13-21(24(30)31-4)23(33-19)27-25(32)26-22-15(2)28-29(16(22)3)14-18-11-8-10-17-9-6-7-12-20(17)18/h6-13H,5,14H2,1-4H3,(H2,26,27,32). The molecule has 0 aliphatic carbocycles. The van der Waals surface area contributed by atoms with Crippen molar-refractivity contribution in [2.24, 2.45) is 0 Å². The lowest BCUT2D eigenvalue weighted by Crippen LogP contribution is -2.20. The number of nitrogens with zero attached hydrogens (tertiary/aromatic N) is 2. The van der Waals surface area contributed by atoms with Gasteiger partial charge in [-0.15, -0.1) is 11.3 Å². The van der Waals surface area contributed by atoms with Crippen molar-refractivity contribution in [1.82, 2.24) is 9.78 Å². The molecular formula is C25H26N4O2S2. The van der Waals surface area contributed by atoms with E-state index in [0.717, 1.165) is 28.4 Å². The molecule has 4 aromatic rings. The number of fused-ring (bicyclic) bond motifs is 1. The summed E-state index contributed by atoms with van der Waals surface area (Å²) in [5.74, 6) is -0.383. The fourth-order valence-corrected chi connectivity index (χ4v) is 5.10. The number of aromatic nitrogens is 2. The van der Waals surface area contributed by atoms with Gasteiger partial charge in [0, 0.05) is 4.88 Å². The molecule has 4 rings (SSSR count). The Kier molecular flexibility index (Phi) is 6.76. The molecule has 0 radical (unpaired) electrons. The number of hydrogen-bond donors (Lipinski definition) is 2. The lowest BCUT2D eigenvalue weighted by molar-refractivity contribution is 0.0602. The molecular weight excluding hydrogens is 452 g/mol. The van der Waals surface area contributed by atoms with Crippen molar-refractivity contribution in [2.75, 3.05) is 17.7 Å². The molecule has 0 bridgehead atoms. The summed E-state index contributed by atoms with van der Waals surface area (Å²) in [6, 6.07) is 16.5. The van der Waals surface area contributed by atoms with E-state index in [-0.39, 0.29) is 5.97 Å². The largest absolute Gasteiger partial charge is 0.465 e. The molecule has 0 aliphatic heterocycles. The molecule has 0 spiro atoms. The number of esters is 1. The Morgan fingerprint density at radius 2 is 1.91 bits per heavy atom. The predicted octanol–water partition coefficient (Wildman–Crippen LogP) is 5.92. The molecule has 170 valence electrons. The average molecular weight is 479 g/mol. The zero-order valence-corrected chi connectivity index (χ0v) is 20.7. The summed E-state index contributed by atoms with van der Waals surface area (Å²) in [5.41, 5.74) is 4.39. The van der Waals surface area contributed by atoms with Crippen LogP contribution in [0.2, 0.25) is 0 Å². The van der Waals surface area contributed by atoms with Crippen LogP contribution in [0.15, 0.2) is 48.5 Å². The lowest BCUT2D eigenvalue weighted by Gasteiger charge is -2.12.